The van der Waals surface area contributed by atoms with Crippen molar-refractivity contribution in [3.05, 3.63) is 0 Å². The molecule has 5 nitrogen and oxygen atoms in total. The van der Waals surface area contributed by atoms with Crippen LogP contribution in [-0.2, 0) is 9.59 Å². The van der Waals surface area contributed by atoms with Crippen LogP contribution < -0.4 is 10.6 Å². The van der Waals surface area contributed by atoms with Crippen molar-refractivity contribution in [1.82, 2.24) is 10.6 Å². The minimum atomic E-state index is -2.55. The quantitative estimate of drug-likeness (QED) is 0.485. The number of hydrogen-bond acceptors (Lipinski definition) is 3. The van der Waals surface area contributed by atoms with E-state index >= 15 is 0 Å². The van der Waals surface area contributed by atoms with Crippen LogP contribution in [0.1, 0.15) is 0 Å². The summed E-state index contributed by atoms with van der Waals surface area (Å²) in [6, 6.07) is 0. The van der Waals surface area contributed by atoms with Crippen molar-refractivity contribution in [1.29, 1.82) is 0 Å². The summed E-state index contributed by atoms with van der Waals surface area (Å²) in [4.78, 5) is 21.7. The Kier molecular flexibility index (Phi) is 3.29. The van der Waals surface area contributed by atoms with Crippen LogP contribution in [-0.4, -0.2) is 30.9 Å². The van der Waals surface area contributed by atoms with Crippen molar-refractivity contribution < 1.29 is 14.7 Å². The van der Waals surface area contributed by atoms with Gasteiger partial charge in [0.05, 0.1) is 0 Å². The fourth-order valence-electron chi connectivity index (χ4n) is 0.836. The normalized spacial score (nSPS) is 21.2. The molecule has 1 fully saturated rings. The number of amides is 2. The van der Waals surface area contributed by atoms with Gasteiger partial charge in [-0.15, -0.1) is 0 Å². The summed E-state index contributed by atoms with van der Waals surface area (Å²) in [7, 11) is 0. The SMILES string of the molecule is O=C1NC(O)(C(Cl)(Cl)C(Cl)(Cl)Cl)NC1=O. The third kappa shape index (κ3) is 2.09. The molecule has 1 heterocycles. The number of carbonyl (C=O) groups is 2. The zero-order chi connectivity index (χ0) is 12.1. The van der Waals surface area contributed by atoms with Gasteiger partial charge in [-0.1, -0.05) is 58.0 Å². The fourth-order valence-corrected chi connectivity index (χ4v) is 1.43. The average Bonchev–Trinajstić information content (AvgIpc) is 2.25. The number of halogens is 5. The Bertz CT molecular complexity index is 309. The Morgan fingerprint density at radius 2 is 1.33 bits per heavy atom. The minimum absolute atomic E-state index is 1.14. The van der Waals surface area contributed by atoms with E-state index in [0.717, 1.165) is 0 Å². The second kappa shape index (κ2) is 3.68. The van der Waals surface area contributed by atoms with E-state index < -0.39 is 25.8 Å². The Morgan fingerprint density at radius 1 is 1.00 bits per heavy atom. The third-order valence-electron chi connectivity index (χ3n) is 1.61. The molecule has 0 aromatic carbocycles. The molecule has 3 N–H and O–H groups in total. The van der Waals surface area contributed by atoms with Crippen LogP contribution in [0.4, 0.5) is 0 Å². The Morgan fingerprint density at radius 3 is 1.60 bits per heavy atom. The predicted octanol–water partition coefficient (Wildman–Crippen LogP) is 0.423. The fraction of sp³-hybridized carbons (Fsp3) is 0.600. The maximum atomic E-state index is 10.8. The lowest BCUT2D eigenvalue weighted by Crippen LogP contribution is -2.66. The number of nitrogens with one attached hydrogen (secondary N) is 2. The maximum absolute atomic E-state index is 10.8. The topological polar surface area (TPSA) is 78.4 Å². The van der Waals surface area contributed by atoms with Gasteiger partial charge in [-0.2, -0.15) is 0 Å². The van der Waals surface area contributed by atoms with Crippen LogP contribution in [0.15, 0.2) is 0 Å². The zero-order valence-electron chi connectivity index (χ0n) is 6.65. The van der Waals surface area contributed by atoms with Crippen LogP contribution in [0, 0.1) is 0 Å². The largest absolute Gasteiger partial charge is 0.352 e. The summed E-state index contributed by atoms with van der Waals surface area (Å²) < 4.78 is -4.79. The first kappa shape index (κ1) is 13.4. The number of rotatable bonds is 1. The molecule has 0 atom stereocenters. The number of carbonyl (C=O) groups excluding carboxylic acids is 2. The van der Waals surface area contributed by atoms with E-state index in [1.807, 2.05) is 0 Å². The molecule has 0 aromatic heterocycles. The Balaban J connectivity index is 3.08. The second-order valence-electron chi connectivity index (χ2n) is 2.69. The molecular weight excluding hydrogens is 313 g/mol. The third-order valence-corrected chi connectivity index (χ3v) is 4.15. The van der Waals surface area contributed by atoms with E-state index in [0.29, 0.717) is 0 Å². The van der Waals surface area contributed by atoms with Crippen molar-refractivity contribution in [2.75, 3.05) is 0 Å². The van der Waals surface area contributed by atoms with Gasteiger partial charge in [0, 0.05) is 0 Å². The Labute approximate surface area is 109 Å². The van der Waals surface area contributed by atoms with Gasteiger partial charge in [-0.25, -0.2) is 0 Å². The van der Waals surface area contributed by atoms with Gasteiger partial charge in [0.1, 0.15) is 0 Å². The zero-order valence-corrected chi connectivity index (χ0v) is 10.4. The summed E-state index contributed by atoms with van der Waals surface area (Å²) in [5, 5.41) is 13.2. The number of alkyl halides is 5. The van der Waals surface area contributed by atoms with Gasteiger partial charge in [-0.3, -0.25) is 20.2 Å². The molecule has 86 valence electrons. The average molecular weight is 316 g/mol. The van der Waals surface area contributed by atoms with E-state index in [2.05, 4.69) is 0 Å². The molecule has 0 unspecified atom stereocenters. The van der Waals surface area contributed by atoms with E-state index in [1.165, 1.54) is 0 Å². The molecule has 0 saturated carbocycles. The minimum Gasteiger partial charge on any atom is -0.352 e. The summed E-state index contributed by atoms with van der Waals surface area (Å²) in [5.41, 5.74) is 0. The second-order valence-corrected chi connectivity index (χ2v) is 6.30. The molecule has 2 amide bonds. The van der Waals surface area contributed by atoms with E-state index in [4.69, 9.17) is 58.0 Å². The first-order valence-corrected chi connectivity index (χ1v) is 5.22. The van der Waals surface area contributed by atoms with Crippen molar-refractivity contribution in [2.45, 2.75) is 14.0 Å². The molecule has 15 heavy (non-hydrogen) atoms. The molecule has 1 rings (SSSR count). The maximum Gasteiger partial charge on any atom is 0.313 e. The lowest BCUT2D eigenvalue weighted by atomic mass is 10.3. The molecule has 0 bridgehead atoms. The van der Waals surface area contributed by atoms with Gasteiger partial charge in [0.2, 0.25) is 8.13 Å². The van der Waals surface area contributed by atoms with Gasteiger partial charge in [0.25, 0.3) is 5.85 Å². The van der Waals surface area contributed by atoms with Crippen LogP contribution in [0.3, 0.4) is 0 Å². The molecule has 1 saturated heterocycles. The highest BCUT2D eigenvalue weighted by Gasteiger charge is 2.65. The van der Waals surface area contributed by atoms with Crippen molar-refractivity contribution >= 4 is 69.8 Å². The van der Waals surface area contributed by atoms with Gasteiger partial charge in [0.15, 0.2) is 0 Å². The monoisotopic (exact) mass is 314 g/mol. The highest BCUT2D eigenvalue weighted by atomic mass is 35.6. The van der Waals surface area contributed by atoms with Gasteiger partial charge >= 0.3 is 11.8 Å². The highest BCUT2D eigenvalue weighted by Crippen LogP contribution is 2.50. The smallest absolute Gasteiger partial charge is 0.313 e. The Hall–Kier alpha value is 0.350. The lowest BCUT2D eigenvalue weighted by molar-refractivity contribution is -0.135. The molecule has 0 spiro atoms. The molecule has 10 heteroatoms. The van der Waals surface area contributed by atoms with E-state index in [9.17, 15) is 14.7 Å². The predicted molar refractivity (Wildman–Crippen MR) is 56.0 cm³/mol. The number of aliphatic hydroxyl groups is 1. The molecular formula is C5H3Cl5N2O3. The summed E-state index contributed by atoms with van der Waals surface area (Å²) in [6.07, 6.45) is 0. The van der Waals surface area contributed by atoms with Crippen LogP contribution >= 0.6 is 58.0 Å². The molecule has 1 aliphatic rings. The highest BCUT2D eigenvalue weighted by molar-refractivity contribution is 6.76. The van der Waals surface area contributed by atoms with Crippen LogP contribution in [0.25, 0.3) is 0 Å². The first-order valence-electron chi connectivity index (χ1n) is 3.33. The van der Waals surface area contributed by atoms with Crippen molar-refractivity contribution in [3.63, 3.8) is 0 Å². The van der Waals surface area contributed by atoms with E-state index in [-0.39, 0.29) is 0 Å². The van der Waals surface area contributed by atoms with Crippen LogP contribution in [0.5, 0.6) is 0 Å². The standard InChI is InChI=1S/C5H3Cl5N2O3/c6-3(7,4(8,9)10)5(15)11-1(13)2(14)12-5/h15H,(H,11,13)(H,12,14). The van der Waals surface area contributed by atoms with Crippen molar-refractivity contribution in [3.8, 4) is 0 Å². The molecule has 1 aliphatic heterocycles. The summed E-state index contributed by atoms with van der Waals surface area (Å²) in [6.45, 7) is 0. The first-order chi connectivity index (χ1) is 6.51. The number of hydrogen-bond donors (Lipinski definition) is 3. The van der Waals surface area contributed by atoms with Crippen LogP contribution in [0.2, 0.25) is 0 Å². The van der Waals surface area contributed by atoms with Gasteiger partial charge in [-0.05, 0) is 0 Å². The summed E-state index contributed by atoms with van der Waals surface area (Å²) >= 11 is 27.3. The molecule has 0 aromatic rings. The molecule has 0 aliphatic carbocycles. The van der Waals surface area contributed by atoms with Crippen molar-refractivity contribution in [2.24, 2.45) is 0 Å². The van der Waals surface area contributed by atoms with E-state index in [1.54, 1.807) is 10.6 Å². The molecule has 0 radical (unpaired) electrons. The van der Waals surface area contributed by atoms with Gasteiger partial charge < -0.3 is 5.11 Å². The summed E-state index contributed by atoms with van der Waals surface area (Å²) in [5.74, 6) is -4.83. The lowest BCUT2D eigenvalue weighted by Gasteiger charge is -2.38.